The van der Waals surface area contributed by atoms with E-state index in [1.54, 1.807) is 11.3 Å². The van der Waals surface area contributed by atoms with Crippen molar-refractivity contribution in [2.45, 2.75) is 32.7 Å². The normalized spacial score (nSPS) is 13.2. The molecule has 0 saturated heterocycles. The van der Waals surface area contributed by atoms with E-state index >= 15 is 0 Å². The van der Waals surface area contributed by atoms with Gasteiger partial charge in [-0.2, -0.15) is 0 Å². The molecule has 0 aromatic carbocycles. The Bertz CT molecular complexity index is 234. The van der Waals surface area contributed by atoms with Crippen LogP contribution >= 0.6 is 11.3 Å². The molecule has 68 valence electrons. The number of rotatable bonds is 4. The molecule has 0 fully saturated rings. The summed E-state index contributed by atoms with van der Waals surface area (Å²) in [7, 11) is 0. The van der Waals surface area contributed by atoms with Gasteiger partial charge in [0, 0.05) is 4.88 Å². The van der Waals surface area contributed by atoms with E-state index in [1.165, 1.54) is 4.88 Å². The Balaban J connectivity index is 2.72. The lowest BCUT2D eigenvalue weighted by atomic mass is 10.1. The number of hydrogen-bond donors (Lipinski definition) is 2. The second kappa shape index (κ2) is 4.54. The Kier molecular flexibility index (Phi) is 3.65. The van der Waals surface area contributed by atoms with E-state index in [0.29, 0.717) is 0 Å². The Morgan fingerprint density at radius 3 is 2.92 bits per heavy atom. The highest BCUT2D eigenvalue weighted by Gasteiger charge is 2.12. The second-order valence-corrected chi connectivity index (χ2v) is 3.70. The summed E-state index contributed by atoms with van der Waals surface area (Å²) >= 11 is 1.67. The molecule has 1 atom stereocenters. The van der Waals surface area contributed by atoms with Crippen LogP contribution in [0.3, 0.4) is 0 Å². The second-order valence-electron chi connectivity index (χ2n) is 2.81. The highest BCUT2D eigenvalue weighted by Crippen LogP contribution is 2.24. The maximum absolute atomic E-state index is 5.45. The van der Waals surface area contributed by atoms with Crippen molar-refractivity contribution in [3.05, 3.63) is 16.1 Å². The molecule has 4 heteroatoms. The van der Waals surface area contributed by atoms with Crippen LogP contribution in [0.1, 0.15) is 36.4 Å². The molecule has 12 heavy (non-hydrogen) atoms. The molecule has 0 radical (unpaired) electrons. The molecular formula is C8H15N3S. The fourth-order valence-corrected chi connectivity index (χ4v) is 2.12. The quantitative estimate of drug-likeness (QED) is 0.555. The van der Waals surface area contributed by atoms with Gasteiger partial charge in [0.2, 0.25) is 0 Å². The number of aryl methyl sites for hydroxylation is 1. The molecule has 3 N–H and O–H groups in total. The average Bonchev–Trinajstić information content (AvgIpc) is 2.47. The minimum absolute atomic E-state index is 0.280. The first-order valence-electron chi connectivity index (χ1n) is 4.15. The van der Waals surface area contributed by atoms with Gasteiger partial charge in [-0.25, -0.2) is 4.98 Å². The van der Waals surface area contributed by atoms with Crippen molar-refractivity contribution < 1.29 is 0 Å². The van der Waals surface area contributed by atoms with Gasteiger partial charge in [-0.3, -0.25) is 11.3 Å². The standard InChI is InChI=1S/C8H15N3S/c1-3-4-7(11-9)8-6(2)10-5-12-8/h5,7,11H,3-4,9H2,1-2H3. The van der Waals surface area contributed by atoms with Gasteiger partial charge >= 0.3 is 0 Å². The summed E-state index contributed by atoms with van der Waals surface area (Å²) in [6.45, 7) is 4.17. The molecule has 0 aliphatic carbocycles. The van der Waals surface area contributed by atoms with Crippen molar-refractivity contribution in [1.82, 2.24) is 10.4 Å². The SMILES string of the molecule is CCCC(NN)c1scnc1C. The van der Waals surface area contributed by atoms with E-state index in [2.05, 4.69) is 17.3 Å². The fraction of sp³-hybridized carbons (Fsp3) is 0.625. The molecule has 1 unspecified atom stereocenters. The summed E-state index contributed by atoms with van der Waals surface area (Å²) in [5.74, 6) is 5.45. The van der Waals surface area contributed by atoms with E-state index in [1.807, 2.05) is 12.4 Å². The zero-order valence-electron chi connectivity index (χ0n) is 7.50. The van der Waals surface area contributed by atoms with E-state index in [-0.39, 0.29) is 6.04 Å². The molecular weight excluding hydrogens is 170 g/mol. The summed E-state index contributed by atoms with van der Waals surface area (Å²) in [4.78, 5) is 5.45. The van der Waals surface area contributed by atoms with Gasteiger partial charge < -0.3 is 0 Å². The van der Waals surface area contributed by atoms with Crippen molar-refractivity contribution in [3.63, 3.8) is 0 Å². The van der Waals surface area contributed by atoms with Crippen molar-refractivity contribution in [2.24, 2.45) is 5.84 Å². The lowest BCUT2D eigenvalue weighted by Crippen LogP contribution is -2.27. The highest BCUT2D eigenvalue weighted by molar-refractivity contribution is 7.09. The van der Waals surface area contributed by atoms with Crippen LogP contribution in [0.15, 0.2) is 5.51 Å². The van der Waals surface area contributed by atoms with E-state index in [4.69, 9.17) is 5.84 Å². The number of thiazole rings is 1. The van der Waals surface area contributed by atoms with Gasteiger partial charge in [-0.05, 0) is 13.3 Å². The zero-order chi connectivity index (χ0) is 8.97. The zero-order valence-corrected chi connectivity index (χ0v) is 8.32. The third kappa shape index (κ3) is 2.03. The maximum Gasteiger partial charge on any atom is 0.0798 e. The number of aromatic nitrogens is 1. The van der Waals surface area contributed by atoms with Crippen LogP contribution in [0, 0.1) is 6.92 Å². The summed E-state index contributed by atoms with van der Waals surface area (Å²) in [6, 6.07) is 0.280. The molecule has 0 amide bonds. The topological polar surface area (TPSA) is 50.9 Å². The van der Waals surface area contributed by atoms with Gasteiger partial charge in [-0.15, -0.1) is 11.3 Å². The Morgan fingerprint density at radius 2 is 2.50 bits per heavy atom. The van der Waals surface area contributed by atoms with Crippen molar-refractivity contribution >= 4 is 11.3 Å². The minimum atomic E-state index is 0.280. The number of nitrogens with two attached hydrogens (primary N) is 1. The number of hydrogen-bond acceptors (Lipinski definition) is 4. The first-order valence-corrected chi connectivity index (χ1v) is 5.03. The van der Waals surface area contributed by atoms with Crippen LogP contribution in [0.2, 0.25) is 0 Å². The molecule has 1 heterocycles. The van der Waals surface area contributed by atoms with Gasteiger partial charge in [0.1, 0.15) is 0 Å². The van der Waals surface area contributed by atoms with Crippen molar-refractivity contribution in [3.8, 4) is 0 Å². The molecule has 3 nitrogen and oxygen atoms in total. The third-order valence-corrected chi connectivity index (χ3v) is 2.92. The van der Waals surface area contributed by atoms with Crippen molar-refractivity contribution in [1.29, 1.82) is 0 Å². The molecule has 0 bridgehead atoms. The molecule has 1 aromatic rings. The minimum Gasteiger partial charge on any atom is -0.271 e. The summed E-state index contributed by atoms with van der Waals surface area (Å²) < 4.78 is 0. The maximum atomic E-state index is 5.45. The lowest BCUT2D eigenvalue weighted by Gasteiger charge is -2.12. The Morgan fingerprint density at radius 1 is 1.75 bits per heavy atom. The van der Waals surface area contributed by atoms with Gasteiger partial charge in [0.15, 0.2) is 0 Å². The van der Waals surface area contributed by atoms with Crippen LogP contribution < -0.4 is 11.3 Å². The lowest BCUT2D eigenvalue weighted by molar-refractivity contribution is 0.515. The number of nitrogens with one attached hydrogen (secondary N) is 1. The van der Waals surface area contributed by atoms with Crippen molar-refractivity contribution in [2.75, 3.05) is 0 Å². The first-order chi connectivity index (χ1) is 5.79. The van der Waals surface area contributed by atoms with Crippen LogP contribution in [-0.2, 0) is 0 Å². The fourth-order valence-electron chi connectivity index (χ4n) is 1.22. The smallest absolute Gasteiger partial charge is 0.0798 e. The van der Waals surface area contributed by atoms with Crippen LogP contribution in [0.5, 0.6) is 0 Å². The first kappa shape index (κ1) is 9.64. The largest absolute Gasteiger partial charge is 0.271 e. The summed E-state index contributed by atoms with van der Waals surface area (Å²) in [5, 5.41) is 0. The predicted octanol–water partition coefficient (Wildman–Crippen LogP) is 1.76. The van der Waals surface area contributed by atoms with E-state index < -0.39 is 0 Å². The Hall–Kier alpha value is -0.450. The monoisotopic (exact) mass is 185 g/mol. The number of hydrazine groups is 1. The third-order valence-electron chi connectivity index (χ3n) is 1.88. The van der Waals surface area contributed by atoms with Gasteiger partial charge in [-0.1, -0.05) is 13.3 Å². The average molecular weight is 185 g/mol. The van der Waals surface area contributed by atoms with Crippen LogP contribution in [0.25, 0.3) is 0 Å². The molecule has 1 rings (SSSR count). The Labute approximate surface area is 77.0 Å². The van der Waals surface area contributed by atoms with Gasteiger partial charge in [0.05, 0.1) is 17.2 Å². The number of nitrogens with zero attached hydrogens (tertiary/aromatic N) is 1. The summed E-state index contributed by atoms with van der Waals surface area (Å²) in [6.07, 6.45) is 2.20. The molecule has 0 spiro atoms. The molecule has 0 aliphatic rings. The van der Waals surface area contributed by atoms with Gasteiger partial charge in [0.25, 0.3) is 0 Å². The van der Waals surface area contributed by atoms with E-state index in [0.717, 1.165) is 18.5 Å². The molecule has 1 aromatic heterocycles. The highest BCUT2D eigenvalue weighted by atomic mass is 32.1. The molecule has 0 aliphatic heterocycles. The van der Waals surface area contributed by atoms with Crippen LogP contribution in [-0.4, -0.2) is 4.98 Å². The summed E-state index contributed by atoms with van der Waals surface area (Å²) in [5.41, 5.74) is 5.78. The molecule has 0 saturated carbocycles. The van der Waals surface area contributed by atoms with Crippen LogP contribution in [0.4, 0.5) is 0 Å². The van der Waals surface area contributed by atoms with E-state index in [9.17, 15) is 0 Å². The predicted molar refractivity (Wildman–Crippen MR) is 51.8 cm³/mol.